The van der Waals surface area contributed by atoms with Crippen LogP contribution >= 0.6 is 15.9 Å². The summed E-state index contributed by atoms with van der Waals surface area (Å²) in [4.78, 5) is 0. The number of rotatable bonds is 4. The van der Waals surface area contributed by atoms with Gasteiger partial charge in [-0.2, -0.15) is 0 Å². The summed E-state index contributed by atoms with van der Waals surface area (Å²) in [5, 5.41) is 5.03. The Kier molecular flexibility index (Phi) is 3.44. The van der Waals surface area contributed by atoms with Crippen molar-refractivity contribution in [2.75, 3.05) is 0 Å². The summed E-state index contributed by atoms with van der Waals surface area (Å²) in [5.41, 5.74) is 2.76. The highest BCUT2D eigenvalue weighted by atomic mass is 79.9. The lowest BCUT2D eigenvalue weighted by molar-refractivity contribution is 0.338. The molecule has 1 N–H and O–H groups in total. The van der Waals surface area contributed by atoms with Crippen LogP contribution in [0.5, 0.6) is 0 Å². The van der Waals surface area contributed by atoms with E-state index in [-0.39, 0.29) is 0 Å². The topological polar surface area (TPSA) is 17.0 Å². The third kappa shape index (κ3) is 2.21. The van der Waals surface area contributed by atoms with Gasteiger partial charge in [-0.3, -0.25) is 0 Å². The Hall–Kier alpha value is -0.800. The fourth-order valence-electron chi connectivity index (χ4n) is 2.61. The van der Waals surface area contributed by atoms with Gasteiger partial charge < -0.3 is 9.88 Å². The summed E-state index contributed by atoms with van der Waals surface area (Å²) >= 11 is 3.57. The molecule has 3 heteroatoms. The first kappa shape index (κ1) is 12.2. The summed E-state index contributed by atoms with van der Waals surface area (Å²) in [6.45, 7) is 4.22. The molecule has 96 valence electrons. The number of nitrogens with one attached hydrogen (secondary N) is 1. The van der Waals surface area contributed by atoms with Crippen LogP contribution in [0.3, 0.4) is 0 Å². The van der Waals surface area contributed by atoms with Crippen molar-refractivity contribution in [2.24, 2.45) is 0 Å². The number of fused-ring (bicyclic) bond motifs is 1. The van der Waals surface area contributed by atoms with Gasteiger partial charge >= 0.3 is 0 Å². The normalized spacial score (nSPS) is 16.1. The Morgan fingerprint density at radius 2 is 2.22 bits per heavy atom. The predicted molar refractivity (Wildman–Crippen MR) is 79.8 cm³/mol. The zero-order valence-electron chi connectivity index (χ0n) is 10.7. The van der Waals surface area contributed by atoms with Crippen LogP contribution in [-0.2, 0) is 13.1 Å². The molecule has 0 spiro atoms. The van der Waals surface area contributed by atoms with Crippen molar-refractivity contribution < 1.29 is 0 Å². The van der Waals surface area contributed by atoms with E-state index in [4.69, 9.17) is 0 Å². The molecule has 1 fully saturated rings. The lowest BCUT2D eigenvalue weighted by Crippen LogP contribution is -2.34. The van der Waals surface area contributed by atoms with Crippen molar-refractivity contribution in [3.05, 3.63) is 34.4 Å². The number of hydrogen-bond acceptors (Lipinski definition) is 1. The maximum atomic E-state index is 3.66. The Morgan fingerprint density at radius 1 is 1.39 bits per heavy atom. The van der Waals surface area contributed by atoms with Crippen LogP contribution in [0.4, 0.5) is 0 Å². The van der Waals surface area contributed by atoms with Gasteiger partial charge in [0.25, 0.3) is 0 Å². The summed E-state index contributed by atoms with van der Waals surface area (Å²) in [7, 11) is 0. The molecule has 1 aliphatic carbocycles. The summed E-state index contributed by atoms with van der Waals surface area (Å²) in [6.07, 6.45) is 6.37. The first-order valence-electron chi connectivity index (χ1n) is 6.78. The Labute approximate surface area is 116 Å². The van der Waals surface area contributed by atoms with Crippen molar-refractivity contribution in [1.82, 2.24) is 9.88 Å². The SMILES string of the molecule is CCn1cc(CNC2CCC2)c2cc(Br)ccc21. The van der Waals surface area contributed by atoms with Crippen LogP contribution in [0.15, 0.2) is 28.9 Å². The first-order chi connectivity index (χ1) is 8.78. The molecule has 0 bridgehead atoms. The molecule has 18 heavy (non-hydrogen) atoms. The minimum atomic E-state index is 0.747. The van der Waals surface area contributed by atoms with E-state index in [9.17, 15) is 0 Å². The number of halogens is 1. The minimum absolute atomic E-state index is 0.747. The molecule has 3 rings (SSSR count). The highest BCUT2D eigenvalue weighted by Crippen LogP contribution is 2.26. The molecule has 0 amide bonds. The number of aromatic nitrogens is 1. The molecule has 1 saturated carbocycles. The zero-order valence-corrected chi connectivity index (χ0v) is 12.3. The molecule has 1 aromatic carbocycles. The predicted octanol–water partition coefficient (Wildman–Crippen LogP) is 4.07. The average Bonchev–Trinajstić information content (AvgIpc) is 2.65. The lowest BCUT2D eigenvalue weighted by atomic mass is 9.93. The maximum Gasteiger partial charge on any atom is 0.0484 e. The van der Waals surface area contributed by atoms with E-state index in [1.165, 1.54) is 35.7 Å². The zero-order chi connectivity index (χ0) is 12.5. The van der Waals surface area contributed by atoms with Crippen LogP contribution in [0.25, 0.3) is 10.9 Å². The number of nitrogens with zero attached hydrogens (tertiary/aromatic N) is 1. The second-order valence-electron chi connectivity index (χ2n) is 5.11. The first-order valence-corrected chi connectivity index (χ1v) is 7.58. The Balaban J connectivity index is 1.91. The van der Waals surface area contributed by atoms with Crippen LogP contribution < -0.4 is 5.32 Å². The van der Waals surface area contributed by atoms with E-state index in [0.717, 1.165) is 23.6 Å². The molecule has 0 radical (unpaired) electrons. The standard InChI is InChI=1S/C15H19BrN2/c1-2-18-10-11(9-17-13-4-3-5-13)14-8-12(16)6-7-15(14)18/h6-8,10,13,17H,2-5,9H2,1H3. The van der Waals surface area contributed by atoms with Crippen molar-refractivity contribution in [3.63, 3.8) is 0 Å². The Bertz CT molecular complexity index is 555. The molecule has 0 saturated heterocycles. The highest BCUT2D eigenvalue weighted by Gasteiger charge is 2.17. The van der Waals surface area contributed by atoms with Crippen molar-refractivity contribution in [3.8, 4) is 0 Å². The third-order valence-electron chi connectivity index (χ3n) is 3.95. The van der Waals surface area contributed by atoms with E-state index < -0.39 is 0 Å². The van der Waals surface area contributed by atoms with Crippen LogP contribution in [-0.4, -0.2) is 10.6 Å². The van der Waals surface area contributed by atoms with Crippen LogP contribution in [0.1, 0.15) is 31.7 Å². The van der Waals surface area contributed by atoms with Gasteiger partial charge in [0.15, 0.2) is 0 Å². The molecule has 0 aliphatic heterocycles. The molecule has 0 atom stereocenters. The van der Waals surface area contributed by atoms with Gasteiger partial charge in [0, 0.05) is 40.7 Å². The molecule has 1 aliphatic rings. The van der Waals surface area contributed by atoms with Crippen molar-refractivity contribution in [1.29, 1.82) is 0 Å². The molecule has 2 aromatic rings. The molecular formula is C15H19BrN2. The van der Waals surface area contributed by atoms with Gasteiger partial charge in [-0.15, -0.1) is 0 Å². The van der Waals surface area contributed by atoms with E-state index in [2.05, 4.69) is 57.1 Å². The quantitative estimate of drug-likeness (QED) is 0.901. The smallest absolute Gasteiger partial charge is 0.0484 e. The molecular weight excluding hydrogens is 288 g/mol. The van der Waals surface area contributed by atoms with E-state index >= 15 is 0 Å². The number of benzene rings is 1. The van der Waals surface area contributed by atoms with E-state index in [1.807, 2.05) is 0 Å². The van der Waals surface area contributed by atoms with Gasteiger partial charge in [0.1, 0.15) is 0 Å². The monoisotopic (exact) mass is 306 g/mol. The van der Waals surface area contributed by atoms with Gasteiger partial charge in [-0.25, -0.2) is 0 Å². The largest absolute Gasteiger partial charge is 0.347 e. The fraction of sp³-hybridized carbons (Fsp3) is 0.467. The highest BCUT2D eigenvalue weighted by molar-refractivity contribution is 9.10. The van der Waals surface area contributed by atoms with Crippen molar-refractivity contribution in [2.45, 2.75) is 45.3 Å². The maximum absolute atomic E-state index is 3.66. The van der Waals surface area contributed by atoms with Gasteiger partial charge in [-0.1, -0.05) is 22.4 Å². The van der Waals surface area contributed by atoms with E-state index in [1.54, 1.807) is 0 Å². The van der Waals surface area contributed by atoms with Crippen LogP contribution in [0.2, 0.25) is 0 Å². The van der Waals surface area contributed by atoms with Gasteiger partial charge in [0.2, 0.25) is 0 Å². The second kappa shape index (κ2) is 5.06. The molecule has 1 heterocycles. The number of hydrogen-bond donors (Lipinski definition) is 1. The van der Waals surface area contributed by atoms with Crippen LogP contribution in [0, 0.1) is 0 Å². The Morgan fingerprint density at radius 3 is 2.89 bits per heavy atom. The second-order valence-corrected chi connectivity index (χ2v) is 6.03. The minimum Gasteiger partial charge on any atom is -0.347 e. The fourth-order valence-corrected chi connectivity index (χ4v) is 2.97. The molecule has 2 nitrogen and oxygen atoms in total. The van der Waals surface area contributed by atoms with Gasteiger partial charge in [0.05, 0.1) is 0 Å². The average molecular weight is 307 g/mol. The van der Waals surface area contributed by atoms with Gasteiger partial charge in [-0.05, 0) is 43.5 Å². The van der Waals surface area contributed by atoms with Crippen molar-refractivity contribution >= 4 is 26.8 Å². The number of aryl methyl sites for hydroxylation is 1. The molecule has 1 aromatic heterocycles. The van der Waals surface area contributed by atoms with E-state index in [0.29, 0.717) is 0 Å². The third-order valence-corrected chi connectivity index (χ3v) is 4.45. The molecule has 0 unspecified atom stereocenters. The lowest BCUT2D eigenvalue weighted by Gasteiger charge is -2.26. The summed E-state index contributed by atoms with van der Waals surface area (Å²) in [6, 6.07) is 7.31. The summed E-state index contributed by atoms with van der Waals surface area (Å²) in [5.74, 6) is 0. The summed E-state index contributed by atoms with van der Waals surface area (Å²) < 4.78 is 3.49.